The lowest BCUT2D eigenvalue weighted by molar-refractivity contribution is -0.133. The quantitative estimate of drug-likeness (QED) is 0.328. The summed E-state index contributed by atoms with van der Waals surface area (Å²) in [5.41, 5.74) is 4.89. The first-order chi connectivity index (χ1) is 19.2. The van der Waals surface area contributed by atoms with Crippen molar-refractivity contribution >= 4 is 23.0 Å². The molecular weight excluding hydrogens is 506 g/mol. The van der Waals surface area contributed by atoms with Crippen LogP contribution in [0.2, 0.25) is 0 Å². The number of carbonyl (C=O) groups excluding carboxylic acids is 2. The molecule has 0 spiro atoms. The zero-order valence-electron chi connectivity index (χ0n) is 24.1. The standard InChI is InChI=1S/C32H45N3O5/c1-21(2)24-10-14-30(22(3)17-24)40-26-12-8-23(9-13-26)7-11-25(37)18-34-29-6-4-5-28(29)31(33)32(38)35-15-16-39-27(19-35)20-36/h10,14,17,23,26-27,33-34,36H,1,4-9,11-13,15-16,18-20H2,2-3H3/t23?,26?,27-/m1/s1. The van der Waals surface area contributed by atoms with E-state index in [1.807, 2.05) is 6.92 Å². The minimum absolute atomic E-state index is 0.00743. The molecule has 0 bridgehead atoms. The van der Waals surface area contributed by atoms with Gasteiger partial charge < -0.3 is 24.8 Å². The molecule has 1 aromatic rings. The Morgan fingerprint density at radius 2 is 2.00 bits per heavy atom. The summed E-state index contributed by atoms with van der Waals surface area (Å²) in [6.07, 6.45) is 7.70. The molecule has 4 rings (SSSR count). The number of aliphatic hydroxyl groups is 1. The summed E-state index contributed by atoms with van der Waals surface area (Å²) in [6.45, 7) is 9.27. The minimum Gasteiger partial charge on any atom is -0.490 e. The van der Waals surface area contributed by atoms with Crippen LogP contribution in [0.5, 0.6) is 5.75 Å². The SMILES string of the molecule is C=C(C)c1ccc(OC2CCC(CCC(=O)CNC3=C(C(=N)C(=O)N4CCO[C@@H](CO)C4)CCC3)CC2)c(C)c1. The molecule has 1 amide bonds. The van der Waals surface area contributed by atoms with Gasteiger partial charge in [0.25, 0.3) is 5.91 Å². The van der Waals surface area contributed by atoms with Crippen molar-refractivity contribution in [2.24, 2.45) is 5.92 Å². The molecule has 0 radical (unpaired) electrons. The summed E-state index contributed by atoms with van der Waals surface area (Å²) in [5.74, 6) is 1.33. The fourth-order valence-corrected chi connectivity index (χ4v) is 5.94. The topological polar surface area (TPSA) is 112 Å². The molecule has 218 valence electrons. The summed E-state index contributed by atoms with van der Waals surface area (Å²) in [5, 5.41) is 21.1. The molecular formula is C32H45N3O5. The second-order valence-corrected chi connectivity index (χ2v) is 11.6. The Kier molecular flexibility index (Phi) is 10.6. The minimum atomic E-state index is -0.399. The van der Waals surface area contributed by atoms with Gasteiger partial charge in [0.2, 0.25) is 0 Å². The maximum Gasteiger partial charge on any atom is 0.272 e. The first kappa shape index (κ1) is 30.0. The highest BCUT2D eigenvalue weighted by atomic mass is 16.5. The number of nitrogens with zero attached hydrogens (tertiary/aromatic N) is 1. The van der Waals surface area contributed by atoms with Crippen LogP contribution in [0.4, 0.5) is 0 Å². The Labute approximate surface area is 238 Å². The number of nitrogens with one attached hydrogen (secondary N) is 2. The second kappa shape index (κ2) is 14.1. The van der Waals surface area contributed by atoms with E-state index in [0.717, 1.165) is 73.1 Å². The number of hydrogen-bond donors (Lipinski definition) is 3. The van der Waals surface area contributed by atoms with Gasteiger partial charge >= 0.3 is 0 Å². The van der Waals surface area contributed by atoms with Gasteiger partial charge in [-0.1, -0.05) is 18.2 Å². The van der Waals surface area contributed by atoms with E-state index in [1.54, 1.807) is 4.90 Å². The predicted molar refractivity (Wildman–Crippen MR) is 157 cm³/mol. The molecule has 0 aromatic heterocycles. The number of ether oxygens (including phenoxy) is 2. The number of rotatable bonds is 12. The van der Waals surface area contributed by atoms with Crippen molar-refractivity contribution in [3.8, 4) is 5.75 Å². The molecule has 3 aliphatic rings. The number of ketones is 1. The molecule has 8 heteroatoms. The molecule has 1 aliphatic heterocycles. The zero-order chi connectivity index (χ0) is 28.6. The summed E-state index contributed by atoms with van der Waals surface area (Å²) in [6, 6.07) is 6.25. The van der Waals surface area contributed by atoms with Crippen molar-refractivity contribution in [1.82, 2.24) is 10.2 Å². The van der Waals surface area contributed by atoms with Gasteiger partial charge in [-0.3, -0.25) is 15.0 Å². The van der Waals surface area contributed by atoms with Gasteiger partial charge in [0.15, 0.2) is 5.78 Å². The first-order valence-corrected chi connectivity index (χ1v) is 14.8. The summed E-state index contributed by atoms with van der Waals surface area (Å²) < 4.78 is 11.7. The summed E-state index contributed by atoms with van der Waals surface area (Å²) >= 11 is 0. The number of aliphatic hydroxyl groups excluding tert-OH is 1. The molecule has 1 atom stereocenters. The number of carbonyl (C=O) groups is 2. The van der Waals surface area contributed by atoms with E-state index in [9.17, 15) is 14.7 Å². The van der Waals surface area contributed by atoms with E-state index in [-0.39, 0.29) is 36.7 Å². The largest absolute Gasteiger partial charge is 0.490 e. The van der Waals surface area contributed by atoms with Crippen molar-refractivity contribution < 1.29 is 24.2 Å². The van der Waals surface area contributed by atoms with E-state index < -0.39 is 6.10 Å². The van der Waals surface area contributed by atoms with Gasteiger partial charge in [-0.2, -0.15) is 0 Å². The van der Waals surface area contributed by atoms with Gasteiger partial charge in [0, 0.05) is 30.8 Å². The van der Waals surface area contributed by atoms with Gasteiger partial charge in [-0.15, -0.1) is 0 Å². The second-order valence-electron chi connectivity index (χ2n) is 11.6. The van der Waals surface area contributed by atoms with Crippen molar-refractivity contribution in [2.45, 2.75) is 83.8 Å². The lowest BCUT2D eigenvalue weighted by Gasteiger charge is -2.32. The van der Waals surface area contributed by atoms with Crippen LogP contribution in [0, 0.1) is 18.3 Å². The van der Waals surface area contributed by atoms with Gasteiger partial charge in [-0.05, 0) is 94.4 Å². The number of amides is 1. The summed E-state index contributed by atoms with van der Waals surface area (Å²) in [4.78, 5) is 27.2. The highest BCUT2D eigenvalue weighted by Crippen LogP contribution is 2.32. The zero-order valence-corrected chi connectivity index (χ0v) is 24.1. The molecule has 8 nitrogen and oxygen atoms in total. The smallest absolute Gasteiger partial charge is 0.272 e. The van der Waals surface area contributed by atoms with E-state index in [2.05, 4.69) is 37.0 Å². The van der Waals surface area contributed by atoms with Crippen molar-refractivity contribution in [1.29, 1.82) is 5.41 Å². The number of allylic oxidation sites excluding steroid dienone is 2. The number of aryl methyl sites for hydroxylation is 1. The number of morpholine rings is 1. The number of hydrogen-bond acceptors (Lipinski definition) is 7. The number of Topliss-reactive ketones (excluding diaryl/α,β-unsaturated/α-hetero) is 1. The number of benzene rings is 1. The van der Waals surface area contributed by atoms with Crippen LogP contribution in [0.15, 0.2) is 36.0 Å². The predicted octanol–water partition coefficient (Wildman–Crippen LogP) is 4.58. The maximum atomic E-state index is 12.9. The van der Waals surface area contributed by atoms with Gasteiger partial charge in [0.05, 0.1) is 32.0 Å². The van der Waals surface area contributed by atoms with Crippen molar-refractivity contribution in [3.63, 3.8) is 0 Å². The van der Waals surface area contributed by atoms with E-state index in [1.165, 1.54) is 0 Å². The molecule has 1 heterocycles. The third kappa shape index (κ3) is 7.82. The maximum absolute atomic E-state index is 12.9. The van der Waals surface area contributed by atoms with Crippen molar-refractivity contribution in [2.75, 3.05) is 32.8 Å². The van der Waals surface area contributed by atoms with Crippen LogP contribution >= 0.6 is 0 Å². The highest BCUT2D eigenvalue weighted by molar-refractivity contribution is 6.44. The van der Waals surface area contributed by atoms with E-state index >= 15 is 0 Å². The lowest BCUT2D eigenvalue weighted by atomic mass is 9.84. The van der Waals surface area contributed by atoms with E-state index in [4.69, 9.17) is 14.9 Å². The van der Waals surface area contributed by atoms with Crippen LogP contribution < -0.4 is 10.1 Å². The molecule has 1 saturated carbocycles. The van der Waals surface area contributed by atoms with Crippen LogP contribution in [-0.4, -0.2) is 72.5 Å². The third-order valence-electron chi connectivity index (χ3n) is 8.45. The molecule has 2 aliphatic carbocycles. The molecule has 2 fully saturated rings. The fourth-order valence-electron chi connectivity index (χ4n) is 5.94. The fraction of sp³-hybridized carbons (Fsp3) is 0.594. The average Bonchev–Trinajstić information content (AvgIpc) is 3.44. The Balaban J connectivity index is 1.18. The van der Waals surface area contributed by atoms with Crippen molar-refractivity contribution in [3.05, 3.63) is 47.2 Å². The Hall–Kier alpha value is -2.97. The Morgan fingerprint density at radius 3 is 2.70 bits per heavy atom. The van der Waals surface area contributed by atoms with Gasteiger partial charge in [-0.25, -0.2) is 0 Å². The van der Waals surface area contributed by atoms with Gasteiger partial charge in [0.1, 0.15) is 11.5 Å². The first-order valence-electron chi connectivity index (χ1n) is 14.8. The normalized spacial score (nSPS) is 23.2. The van der Waals surface area contributed by atoms with Crippen LogP contribution in [0.1, 0.15) is 75.8 Å². The Bertz CT molecular complexity index is 1140. The monoisotopic (exact) mass is 551 g/mol. The molecule has 40 heavy (non-hydrogen) atoms. The molecule has 3 N–H and O–H groups in total. The lowest BCUT2D eigenvalue weighted by Crippen LogP contribution is -2.49. The van der Waals surface area contributed by atoms with E-state index in [0.29, 0.717) is 44.0 Å². The molecule has 0 unspecified atom stereocenters. The third-order valence-corrected chi connectivity index (χ3v) is 8.45. The summed E-state index contributed by atoms with van der Waals surface area (Å²) in [7, 11) is 0. The Morgan fingerprint density at radius 1 is 1.23 bits per heavy atom. The molecule has 1 aromatic carbocycles. The van der Waals surface area contributed by atoms with Crippen LogP contribution in [0.25, 0.3) is 5.57 Å². The average molecular weight is 552 g/mol. The van der Waals surface area contributed by atoms with Crippen LogP contribution in [-0.2, 0) is 14.3 Å². The highest BCUT2D eigenvalue weighted by Gasteiger charge is 2.30. The van der Waals surface area contributed by atoms with Crippen LogP contribution in [0.3, 0.4) is 0 Å². The molecule has 1 saturated heterocycles.